The molecule has 6 nitrogen and oxygen atoms in total. The first kappa shape index (κ1) is 16.2. The van der Waals surface area contributed by atoms with Gasteiger partial charge in [0.1, 0.15) is 4.83 Å². The summed E-state index contributed by atoms with van der Waals surface area (Å²) in [4.78, 5) is 24.8. The van der Waals surface area contributed by atoms with Crippen LogP contribution >= 0.6 is 11.3 Å². The molecule has 2 amide bonds. The molecule has 0 aliphatic rings. The lowest BCUT2D eigenvalue weighted by Crippen LogP contribution is -2.35. The zero-order chi connectivity index (χ0) is 17.3. The summed E-state index contributed by atoms with van der Waals surface area (Å²) in [6, 6.07) is 11.3. The molecule has 2 heterocycles. The Morgan fingerprint density at radius 1 is 1.33 bits per heavy atom. The van der Waals surface area contributed by atoms with E-state index in [2.05, 4.69) is 10.4 Å². The van der Waals surface area contributed by atoms with Gasteiger partial charge in [-0.3, -0.25) is 9.59 Å². The van der Waals surface area contributed by atoms with E-state index in [1.54, 1.807) is 6.92 Å². The van der Waals surface area contributed by atoms with E-state index in [1.165, 1.54) is 11.3 Å². The van der Waals surface area contributed by atoms with Crippen molar-refractivity contribution in [2.24, 2.45) is 5.73 Å². The van der Waals surface area contributed by atoms with Gasteiger partial charge in [0.15, 0.2) is 0 Å². The summed E-state index contributed by atoms with van der Waals surface area (Å²) in [5, 5.41) is 8.31. The fraction of sp³-hybridized carbons (Fsp3) is 0.235. The van der Waals surface area contributed by atoms with E-state index in [0.29, 0.717) is 4.88 Å². The Bertz CT molecular complexity index is 898. The summed E-state index contributed by atoms with van der Waals surface area (Å²) in [7, 11) is 0. The number of nitrogens with two attached hydrogens (primary N) is 1. The van der Waals surface area contributed by atoms with Gasteiger partial charge in [0.2, 0.25) is 5.91 Å². The Balaban J connectivity index is 1.92. The third-order valence-corrected chi connectivity index (χ3v) is 4.76. The number of thiophene rings is 1. The van der Waals surface area contributed by atoms with Crippen LogP contribution in [-0.4, -0.2) is 27.6 Å². The molecule has 0 saturated heterocycles. The summed E-state index contributed by atoms with van der Waals surface area (Å²) in [5.41, 5.74) is 6.98. The van der Waals surface area contributed by atoms with Crippen LogP contribution in [0.1, 0.15) is 28.7 Å². The highest BCUT2D eigenvalue weighted by Crippen LogP contribution is 2.30. The van der Waals surface area contributed by atoms with Gasteiger partial charge in [-0.2, -0.15) is 5.10 Å². The Labute approximate surface area is 143 Å². The number of carbonyl (C=O) groups excluding carboxylic acids is 2. The van der Waals surface area contributed by atoms with Crippen LogP contribution in [0.15, 0.2) is 36.4 Å². The SMILES string of the molecule is Cc1nn(-c2ccccc2)c2sc(C(=O)N[C@@H](C)CC(N)=O)cc12. The second-order valence-electron chi connectivity index (χ2n) is 5.71. The van der Waals surface area contributed by atoms with E-state index in [4.69, 9.17) is 5.73 Å². The second kappa shape index (κ2) is 6.45. The lowest BCUT2D eigenvalue weighted by Gasteiger charge is -2.10. The van der Waals surface area contributed by atoms with Crippen molar-refractivity contribution in [2.75, 3.05) is 0 Å². The zero-order valence-electron chi connectivity index (χ0n) is 13.4. The van der Waals surface area contributed by atoms with Crippen molar-refractivity contribution < 1.29 is 9.59 Å². The fourth-order valence-electron chi connectivity index (χ4n) is 2.55. The largest absolute Gasteiger partial charge is 0.370 e. The van der Waals surface area contributed by atoms with Crippen LogP contribution in [0, 0.1) is 6.92 Å². The van der Waals surface area contributed by atoms with Crippen LogP contribution in [0.3, 0.4) is 0 Å². The molecule has 1 atom stereocenters. The zero-order valence-corrected chi connectivity index (χ0v) is 14.3. The standard InChI is InChI=1S/C17H18N4O2S/c1-10(8-15(18)22)19-16(23)14-9-13-11(2)20-21(17(13)24-14)12-6-4-3-5-7-12/h3-7,9-10H,8H2,1-2H3,(H2,18,22)(H,19,23)/t10-/m0/s1. The minimum atomic E-state index is -0.435. The number of hydrogen-bond acceptors (Lipinski definition) is 4. The summed E-state index contributed by atoms with van der Waals surface area (Å²) in [6.45, 7) is 3.68. The van der Waals surface area contributed by atoms with Gasteiger partial charge in [-0.25, -0.2) is 4.68 Å². The number of hydrogen-bond donors (Lipinski definition) is 2. The number of carbonyl (C=O) groups is 2. The topological polar surface area (TPSA) is 90.0 Å². The average molecular weight is 342 g/mol. The molecule has 0 fully saturated rings. The van der Waals surface area contributed by atoms with Crippen LogP contribution in [0.2, 0.25) is 0 Å². The predicted molar refractivity (Wildman–Crippen MR) is 94.4 cm³/mol. The lowest BCUT2D eigenvalue weighted by atomic mass is 10.2. The molecule has 7 heteroatoms. The molecule has 24 heavy (non-hydrogen) atoms. The van der Waals surface area contributed by atoms with Crippen molar-refractivity contribution in [3.8, 4) is 5.69 Å². The predicted octanol–water partition coefficient (Wildman–Crippen LogP) is 2.39. The molecular weight excluding hydrogens is 324 g/mol. The molecule has 0 aliphatic carbocycles. The molecule has 124 valence electrons. The summed E-state index contributed by atoms with van der Waals surface area (Å²) < 4.78 is 1.85. The van der Waals surface area contributed by atoms with Crippen LogP contribution < -0.4 is 11.1 Å². The Morgan fingerprint density at radius 3 is 2.71 bits per heavy atom. The number of amides is 2. The third-order valence-electron chi connectivity index (χ3n) is 3.65. The van der Waals surface area contributed by atoms with Crippen molar-refractivity contribution in [1.82, 2.24) is 15.1 Å². The van der Waals surface area contributed by atoms with E-state index in [1.807, 2.05) is 48.0 Å². The number of rotatable bonds is 5. The van der Waals surface area contributed by atoms with Crippen LogP contribution in [-0.2, 0) is 4.79 Å². The molecule has 0 saturated carbocycles. The third kappa shape index (κ3) is 3.16. The summed E-state index contributed by atoms with van der Waals surface area (Å²) >= 11 is 1.38. The number of para-hydroxylation sites is 1. The van der Waals surface area contributed by atoms with Gasteiger partial charge < -0.3 is 11.1 Å². The maximum absolute atomic E-state index is 12.4. The number of aryl methyl sites for hydroxylation is 1. The summed E-state index contributed by atoms with van der Waals surface area (Å²) in [6.07, 6.45) is 0.119. The molecule has 0 aliphatic heterocycles. The molecule has 3 aromatic rings. The van der Waals surface area contributed by atoms with Crippen molar-refractivity contribution in [3.63, 3.8) is 0 Å². The number of nitrogens with zero attached hydrogens (tertiary/aromatic N) is 2. The first-order chi connectivity index (χ1) is 11.5. The second-order valence-corrected chi connectivity index (χ2v) is 6.74. The van der Waals surface area contributed by atoms with Crippen LogP contribution in [0.25, 0.3) is 15.9 Å². The first-order valence-electron chi connectivity index (χ1n) is 7.59. The average Bonchev–Trinajstić information content (AvgIpc) is 3.08. The van der Waals surface area contributed by atoms with Gasteiger partial charge in [-0.1, -0.05) is 18.2 Å². The quantitative estimate of drug-likeness (QED) is 0.746. The van der Waals surface area contributed by atoms with Gasteiger partial charge >= 0.3 is 0 Å². The summed E-state index contributed by atoms with van der Waals surface area (Å²) in [5.74, 6) is -0.640. The normalized spacial score (nSPS) is 12.2. The first-order valence-corrected chi connectivity index (χ1v) is 8.41. The van der Waals surface area contributed by atoms with Crippen molar-refractivity contribution in [2.45, 2.75) is 26.3 Å². The number of aromatic nitrogens is 2. The van der Waals surface area contributed by atoms with Crippen LogP contribution in [0.5, 0.6) is 0 Å². The molecule has 0 spiro atoms. The number of fused-ring (bicyclic) bond motifs is 1. The molecule has 0 unspecified atom stereocenters. The van der Waals surface area contributed by atoms with Crippen molar-refractivity contribution >= 4 is 33.4 Å². The highest BCUT2D eigenvalue weighted by atomic mass is 32.1. The van der Waals surface area contributed by atoms with Gasteiger partial charge in [-0.05, 0) is 32.0 Å². The Hall–Kier alpha value is -2.67. The minimum absolute atomic E-state index is 0.119. The fourth-order valence-corrected chi connectivity index (χ4v) is 3.64. The number of nitrogens with one attached hydrogen (secondary N) is 1. The van der Waals surface area contributed by atoms with Gasteiger partial charge in [0, 0.05) is 17.8 Å². The van der Waals surface area contributed by atoms with Gasteiger partial charge in [-0.15, -0.1) is 11.3 Å². The van der Waals surface area contributed by atoms with E-state index in [-0.39, 0.29) is 18.4 Å². The molecule has 3 rings (SSSR count). The molecule has 3 N–H and O–H groups in total. The highest BCUT2D eigenvalue weighted by molar-refractivity contribution is 7.20. The Kier molecular flexibility index (Phi) is 4.35. The molecule has 0 radical (unpaired) electrons. The monoisotopic (exact) mass is 342 g/mol. The molecule has 1 aromatic carbocycles. The van der Waals surface area contributed by atoms with Crippen LogP contribution in [0.4, 0.5) is 0 Å². The Morgan fingerprint density at radius 2 is 2.04 bits per heavy atom. The van der Waals surface area contributed by atoms with Gasteiger partial charge in [0.25, 0.3) is 5.91 Å². The minimum Gasteiger partial charge on any atom is -0.370 e. The van der Waals surface area contributed by atoms with E-state index < -0.39 is 5.91 Å². The van der Waals surface area contributed by atoms with Gasteiger partial charge in [0.05, 0.1) is 16.3 Å². The maximum Gasteiger partial charge on any atom is 0.261 e. The molecular formula is C17H18N4O2S. The van der Waals surface area contributed by atoms with Crippen molar-refractivity contribution in [3.05, 3.63) is 47.0 Å². The number of primary amides is 1. The van der Waals surface area contributed by atoms with E-state index in [0.717, 1.165) is 21.6 Å². The maximum atomic E-state index is 12.4. The lowest BCUT2D eigenvalue weighted by molar-refractivity contribution is -0.118. The number of benzene rings is 1. The molecule has 2 aromatic heterocycles. The van der Waals surface area contributed by atoms with E-state index >= 15 is 0 Å². The smallest absolute Gasteiger partial charge is 0.261 e. The van der Waals surface area contributed by atoms with E-state index in [9.17, 15) is 9.59 Å². The van der Waals surface area contributed by atoms with Crippen molar-refractivity contribution in [1.29, 1.82) is 0 Å². The molecule has 0 bridgehead atoms. The highest BCUT2D eigenvalue weighted by Gasteiger charge is 2.18.